The van der Waals surface area contributed by atoms with Crippen LogP contribution in [0.25, 0.3) is 0 Å². The van der Waals surface area contributed by atoms with E-state index in [1.807, 2.05) is 12.3 Å². The summed E-state index contributed by atoms with van der Waals surface area (Å²) in [6, 6.07) is 12.8. The van der Waals surface area contributed by atoms with Gasteiger partial charge in [-0.25, -0.2) is 0 Å². The number of unbranched alkanes of at least 4 members (excludes halogenated alkanes) is 2. The van der Waals surface area contributed by atoms with E-state index in [-0.39, 0.29) is 51.2 Å². The van der Waals surface area contributed by atoms with Crippen molar-refractivity contribution in [2.45, 2.75) is 185 Å². The van der Waals surface area contributed by atoms with Crippen LogP contribution in [0.2, 0.25) is 10.0 Å². The molecule has 1 aliphatic heterocycles. The maximum atomic E-state index is 12.3. The minimum atomic E-state index is -0.447. The first-order chi connectivity index (χ1) is 26.2. The molecule has 2 amide bonds. The molecule has 57 heavy (non-hydrogen) atoms. The van der Waals surface area contributed by atoms with Crippen molar-refractivity contribution in [1.29, 1.82) is 0 Å². The normalized spacial score (nSPS) is 18.1. The Kier molecular flexibility index (Phi) is 18.3. The summed E-state index contributed by atoms with van der Waals surface area (Å²) in [5, 5.41) is 4.56. The summed E-state index contributed by atoms with van der Waals surface area (Å²) < 4.78 is 0. The van der Waals surface area contributed by atoms with E-state index in [1.54, 1.807) is 0 Å². The summed E-state index contributed by atoms with van der Waals surface area (Å²) in [6.45, 7) is 35.5. The van der Waals surface area contributed by atoms with E-state index in [0.29, 0.717) is 6.42 Å². The average molecular weight is 824 g/mol. The van der Waals surface area contributed by atoms with Crippen LogP contribution >= 0.6 is 23.2 Å². The van der Waals surface area contributed by atoms with E-state index in [0.717, 1.165) is 78.1 Å². The van der Waals surface area contributed by atoms with Gasteiger partial charge in [-0.1, -0.05) is 176 Å². The number of aryl methyl sites for hydroxylation is 2. The molecule has 3 rings (SSSR count). The number of rotatable bonds is 18. The van der Waals surface area contributed by atoms with Gasteiger partial charge in [-0.15, -0.1) is 6.58 Å². The van der Waals surface area contributed by atoms with E-state index < -0.39 is 5.41 Å². The van der Waals surface area contributed by atoms with Crippen molar-refractivity contribution in [2.24, 2.45) is 33.3 Å². The number of hydrogen-bond donors (Lipinski definition) is 2. The molecule has 0 saturated carbocycles. The average Bonchev–Trinajstić information content (AvgIpc) is 3.08. The standard InChI is InChI=1S/C26H42ClNO.C25H38ClNO/c1-9-11-15-25(6,7)22(10-2)26(8,18-23(28)29)20-13-12-19(21(27)17-20)14-16-24(3,4)5;1-8-9-13-24(5,6)21-17-27-22(28)16-25(21,7)19-11-10-18(20(26)15-19)12-14-23(2,3)4/h10,12-13,17,22H,2,9,11,14-16,18H2,1,3-8H3,(H2,28,29);10-11,15,17H,8-9,12-14,16H2,1-7H3,(H,27,28). The van der Waals surface area contributed by atoms with Crippen molar-refractivity contribution in [3.8, 4) is 0 Å². The maximum Gasteiger partial charge on any atom is 0.225 e. The molecule has 0 saturated heterocycles. The third-order valence-electron chi connectivity index (χ3n) is 12.5. The van der Waals surface area contributed by atoms with E-state index >= 15 is 0 Å². The van der Waals surface area contributed by atoms with Crippen molar-refractivity contribution in [3.05, 3.63) is 93.1 Å². The lowest BCUT2D eigenvalue weighted by molar-refractivity contribution is -0.122. The number of amides is 2. The van der Waals surface area contributed by atoms with Gasteiger partial charge in [-0.05, 0) is 106 Å². The molecule has 4 nitrogen and oxygen atoms in total. The molecule has 6 heteroatoms. The molecule has 3 N–H and O–H groups in total. The van der Waals surface area contributed by atoms with Crippen molar-refractivity contribution < 1.29 is 9.59 Å². The topological polar surface area (TPSA) is 72.2 Å². The smallest absolute Gasteiger partial charge is 0.225 e. The highest BCUT2D eigenvalue weighted by Gasteiger charge is 2.45. The van der Waals surface area contributed by atoms with Crippen LogP contribution in [0.3, 0.4) is 0 Å². The molecule has 3 atom stereocenters. The van der Waals surface area contributed by atoms with Crippen LogP contribution in [0.15, 0.2) is 60.8 Å². The van der Waals surface area contributed by atoms with Crippen molar-refractivity contribution >= 4 is 35.0 Å². The van der Waals surface area contributed by atoms with E-state index in [4.69, 9.17) is 28.9 Å². The lowest BCUT2D eigenvalue weighted by Crippen LogP contribution is -2.43. The molecule has 1 aliphatic rings. The Hall–Kier alpha value is -2.56. The molecule has 0 radical (unpaired) electrons. The second-order valence-electron chi connectivity index (χ2n) is 21.2. The van der Waals surface area contributed by atoms with Crippen LogP contribution in [0.5, 0.6) is 0 Å². The largest absolute Gasteiger partial charge is 0.370 e. The van der Waals surface area contributed by atoms with Gasteiger partial charge in [-0.2, -0.15) is 0 Å². The molecule has 0 aromatic heterocycles. The summed E-state index contributed by atoms with van der Waals surface area (Å²) >= 11 is 13.4. The number of carbonyl (C=O) groups excluding carboxylic acids is 2. The highest BCUT2D eigenvalue weighted by atomic mass is 35.5. The first-order valence-corrected chi connectivity index (χ1v) is 22.4. The highest BCUT2D eigenvalue weighted by molar-refractivity contribution is 6.31. The lowest BCUT2D eigenvalue weighted by atomic mass is 9.58. The van der Waals surface area contributed by atoms with E-state index in [1.165, 1.54) is 24.0 Å². The van der Waals surface area contributed by atoms with Gasteiger partial charge in [0.05, 0.1) is 0 Å². The summed E-state index contributed by atoms with van der Waals surface area (Å²) in [7, 11) is 0. The van der Waals surface area contributed by atoms with Gasteiger partial charge in [0.15, 0.2) is 0 Å². The number of allylic oxidation sites excluding steroid dienone is 2. The fourth-order valence-corrected chi connectivity index (χ4v) is 9.48. The number of nitrogens with one attached hydrogen (secondary N) is 1. The SMILES string of the molecule is C=CC(C(C)(C)CCCC)C(C)(CC(N)=O)c1ccc(CCC(C)(C)C)c(Cl)c1.CCCCC(C)(C)C1=CNC(=O)CC1(C)c1ccc(CCC(C)(C)C)c(Cl)c1. The van der Waals surface area contributed by atoms with Crippen LogP contribution < -0.4 is 11.1 Å². The van der Waals surface area contributed by atoms with Crippen molar-refractivity contribution in [1.82, 2.24) is 5.32 Å². The Labute approximate surface area is 359 Å². The summed E-state index contributed by atoms with van der Waals surface area (Å²) in [6.07, 6.45) is 15.6. The fourth-order valence-electron chi connectivity index (χ4n) is 8.93. The monoisotopic (exact) mass is 823 g/mol. The molecule has 0 bridgehead atoms. The lowest BCUT2D eigenvalue weighted by Gasteiger charge is -2.45. The quantitative estimate of drug-likeness (QED) is 0.147. The van der Waals surface area contributed by atoms with Crippen LogP contribution in [0.1, 0.15) is 183 Å². The molecular weight excluding hydrogens is 743 g/mol. The molecule has 0 fully saturated rings. The van der Waals surface area contributed by atoms with Crippen molar-refractivity contribution in [3.63, 3.8) is 0 Å². The van der Waals surface area contributed by atoms with E-state index in [9.17, 15) is 9.59 Å². The van der Waals surface area contributed by atoms with Crippen LogP contribution in [-0.4, -0.2) is 11.8 Å². The summed E-state index contributed by atoms with van der Waals surface area (Å²) in [4.78, 5) is 24.4. The van der Waals surface area contributed by atoms with Gasteiger partial charge in [-0.3, -0.25) is 9.59 Å². The van der Waals surface area contributed by atoms with E-state index in [2.05, 4.69) is 145 Å². The number of hydrogen-bond acceptors (Lipinski definition) is 2. The Balaban J connectivity index is 0.000000394. The number of nitrogens with two attached hydrogens (primary N) is 1. The zero-order chi connectivity index (χ0) is 43.6. The minimum absolute atomic E-state index is 0.000652. The number of benzene rings is 2. The number of carbonyl (C=O) groups is 2. The minimum Gasteiger partial charge on any atom is -0.370 e. The van der Waals surface area contributed by atoms with Gasteiger partial charge in [0.1, 0.15) is 0 Å². The zero-order valence-corrected chi connectivity index (χ0v) is 40.1. The third-order valence-corrected chi connectivity index (χ3v) is 13.2. The Morgan fingerprint density at radius 3 is 1.79 bits per heavy atom. The molecular formula is C51H80Cl2N2O2. The van der Waals surface area contributed by atoms with Gasteiger partial charge < -0.3 is 11.1 Å². The van der Waals surface area contributed by atoms with Crippen molar-refractivity contribution in [2.75, 3.05) is 0 Å². The number of halogens is 2. The fraction of sp³-hybridized carbons (Fsp3) is 0.647. The first kappa shape index (κ1) is 50.6. The van der Waals surface area contributed by atoms with Gasteiger partial charge in [0.2, 0.25) is 11.8 Å². The van der Waals surface area contributed by atoms with Gasteiger partial charge >= 0.3 is 0 Å². The predicted molar refractivity (Wildman–Crippen MR) is 248 cm³/mol. The highest BCUT2D eigenvalue weighted by Crippen LogP contribution is 2.50. The molecule has 3 unspecified atom stereocenters. The molecule has 0 spiro atoms. The Morgan fingerprint density at radius 2 is 1.33 bits per heavy atom. The Bertz CT molecular complexity index is 1690. The molecule has 2 aromatic rings. The van der Waals surface area contributed by atoms with Gasteiger partial charge in [0.25, 0.3) is 0 Å². The predicted octanol–water partition coefficient (Wildman–Crippen LogP) is 14.7. The second-order valence-corrected chi connectivity index (χ2v) is 22.0. The molecule has 320 valence electrons. The van der Waals surface area contributed by atoms with Crippen LogP contribution in [0.4, 0.5) is 0 Å². The summed E-state index contributed by atoms with van der Waals surface area (Å²) in [5.41, 5.74) is 11.4. The van der Waals surface area contributed by atoms with Crippen LogP contribution in [0, 0.1) is 27.6 Å². The molecule has 0 aliphatic carbocycles. The molecule has 2 aromatic carbocycles. The second kappa shape index (κ2) is 20.6. The summed E-state index contributed by atoms with van der Waals surface area (Å²) in [5.74, 6) is -0.116. The maximum absolute atomic E-state index is 12.3. The molecule has 1 heterocycles. The zero-order valence-electron chi connectivity index (χ0n) is 38.5. The first-order valence-electron chi connectivity index (χ1n) is 21.6. The van der Waals surface area contributed by atoms with Gasteiger partial charge in [0, 0.05) is 39.9 Å². The Morgan fingerprint density at radius 1 is 0.825 bits per heavy atom. The third kappa shape index (κ3) is 14.6. The van der Waals surface area contributed by atoms with Crippen LogP contribution in [-0.2, 0) is 33.3 Å². The number of primary amides is 1.